The molecule has 1 aliphatic heterocycles. The van der Waals surface area contributed by atoms with E-state index in [1.54, 1.807) is 7.11 Å². The van der Waals surface area contributed by atoms with E-state index in [4.69, 9.17) is 9.47 Å². The molecule has 2 amide bonds. The standard InChI is InChI=1S/C32H51N3O5/c1-5-23-7-8-25(17-30(23)40-16-6-15-39-4)32(38)34(22(2)3)20-26-18-33-19-27(26)21-35(28-11-12-28)31(37)24-9-13-29(36)14-10-24/h7-8,17,22,24,26-29,33,36H,5-6,9-16,18-21H2,1-4H3/t24-,26-,27-,29+/m0/s1. The molecule has 8 nitrogen and oxygen atoms in total. The van der Waals surface area contributed by atoms with Gasteiger partial charge in [-0.15, -0.1) is 0 Å². The molecule has 40 heavy (non-hydrogen) atoms. The van der Waals surface area contributed by atoms with Crippen LogP contribution in [0.1, 0.15) is 81.6 Å². The summed E-state index contributed by atoms with van der Waals surface area (Å²) in [6, 6.07) is 6.27. The predicted octanol–water partition coefficient (Wildman–Crippen LogP) is 3.89. The second kappa shape index (κ2) is 14.6. The minimum atomic E-state index is -0.252. The normalized spacial score (nSPS) is 24.8. The summed E-state index contributed by atoms with van der Waals surface area (Å²) in [5, 5.41) is 13.5. The highest BCUT2D eigenvalue weighted by molar-refractivity contribution is 5.95. The first kappa shape index (κ1) is 30.8. The van der Waals surface area contributed by atoms with Gasteiger partial charge in [-0.05, 0) is 88.3 Å². The van der Waals surface area contributed by atoms with Gasteiger partial charge in [-0.25, -0.2) is 0 Å². The van der Waals surface area contributed by atoms with E-state index in [0.29, 0.717) is 37.3 Å². The van der Waals surface area contributed by atoms with Crippen LogP contribution < -0.4 is 10.1 Å². The molecular weight excluding hydrogens is 506 g/mol. The Bertz CT molecular complexity index is 973. The van der Waals surface area contributed by atoms with Crippen LogP contribution in [-0.4, -0.2) is 91.4 Å². The van der Waals surface area contributed by atoms with Crippen molar-refractivity contribution in [3.63, 3.8) is 0 Å². The molecule has 0 radical (unpaired) electrons. The minimum Gasteiger partial charge on any atom is -0.493 e. The monoisotopic (exact) mass is 557 g/mol. The van der Waals surface area contributed by atoms with Crippen molar-refractivity contribution in [1.29, 1.82) is 0 Å². The van der Waals surface area contributed by atoms with Gasteiger partial charge in [-0.2, -0.15) is 0 Å². The number of hydrogen-bond acceptors (Lipinski definition) is 6. The average molecular weight is 558 g/mol. The molecule has 0 unspecified atom stereocenters. The first-order chi connectivity index (χ1) is 19.3. The number of benzene rings is 1. The first-order valence-electron chi connectivity index (χ1n) is 15.6. The van der Waals surface area contributed by atoms with Gasteiger partial charge in [0.15, 0.2) is 0 Å². The Balaban J connectivity index is 1.42. The van der Waals surface area contributed by atoms with Crippen LogP contribution in [0, 0.1) is 17.8 Å². The van der Waals surface area contributed by atoms with Crippen LogP contribution in [0.4, 0.5) is 0 Å². The summed E-state index contributed by atoms with van der Waals surface area (Å²) in [6.07, 6.45) is 6.61. The Labute approximate surface area is 240 Å². The fourth-order valence-electron chi connectivity index (χ4n) is 6.28. The van der Waals surface area contributed by atoms with Crippen LogP contribution in [0.15, 0.2) is 18.2 Å². The highest BCUT2D eigenvalue weighted by Gasteiger charge is 2.41. The third-order valence-corrected chi connectivity index (χ3v) is 8.99. The lowest BCUT2D eigenvalue weighted by Gasteiger charge is -2.35. The summed E-state index contributed by atoms with van der Waals surface area (Å²) < 4.78 is 11.2. The number of amides is 2. The number of rotatable bonds is 14. The zero-order valence-corrected chi connectivity index (χ0v) is 25.1. The summed E-state index contributed by atoms with van der Waals surface area (Å²) in [6.45, 7) is 10.6. The van der Waals surface area contributed by atoms with Crippen molar-refractivity contribution >= 4 is 11.8 Å². The summed E-state index contributed by atoms with van der Waals surface area (Å²) in [4.78, 5) is 31.5. The molecule has 0 spiro atoms. The highest BCUT2D eigenvalue weighted by atomic mass is 16.5. The van der Waals surface area contributed by atoms with Crippen molar-refractivity contribution in [3.8, 4) is 5.75 Å². The van der Waals surface area contributed by atoms with E-state index in [1.807, 2.05) is 23.1 Å². The Morgan fingerprint density at radius 1 is 1.02 bits per heavy atom. The molecule has 1 aromatic carbocycles. The zero-order chi connectivity index (χ0) is 28.6. The summed E-state index contributed by atoms with van der Waals surface area (Å²) in [5.41, 5.74) is 1.76. The van der Waals surface area contributed by atoms with Crippen LogP contribution >= 0.6 is 0 Å². The molecule has 4 rings (SSSR count). The second-order valence-electron chi connectivity index (χ2n) is 12.3. The van der Waals surface area contributed by atoms with Crippen molar-refractivity contribution in [3.05, 3.63) is 29.3 Å². The van der Waals surface area contributed by atoms with Crippen molar-refractivity contribution < 1.29 is 24.2 Å². The number of carbonyl (C=O) groups is 2. The molecule has 3 aliphatic rings. The number of aliphatic hydroxyl groups is 1. The smallest absolute Gasteiger partial charge is 0.254 e. The summed E-state index contributed by atoms with van der Waals surface area (Å²) in [7, 11) is 1.69. The van der Waals surface area contributed by atoms with E-state index < -0.39 is 0 Å². The lowest BCUT2D eigenvalue weighted by atomic mass is 9.86. The molecule has 2 saturated carbocycles. The Kier molecular flexibility index (Phi) is 11.3. The molecule has 2 aliphatic carbocycles. The Morgan fingerprint density at radius 2 is 1.73 bits per heavy atom. The fraction of sp³-hybridized carbons (Fsp3) is 0.750. The lowest BCUT2D eigenvalue weighted by molar-refractivity contribution is -0.138. The summed E-state index contributed by atoms with van der Waals surface area (Å²) in [5.74, 6) is 1.74. The quantitative estimate of drug-likeness (QED) is 0.337. The number of methoxy groups -OCH3 is 1. The van der Waals surface area contributed by atoms with Gasteiger partial charge in [-0.3, -0.25) is 9.59 Å². The number of ether oxygens (including phenoxy) is 2. The zero-order valence-electron chi connectivity index (χ0n) is 25.1. The van der Waals surface area contributed by atoms with E-state index in [9.17, 15) is 14.7 Å². The third-order valence-electron chi connectivity index (χ3n) is 8.99. The molecule has 1 aromatic rings. The van der Waals surface area contributed by atoms with Crippen LogP contribution in [0.3, 0.4) is 0 Å². The fourth-order valence-corrected chi connectivity index (χ4v) is 6.28. The number of hydrogen-bond donors (Lipinski definition) is 2. The maximum absolute atomic E-state index is 13.8. The number of aliphatic hydroxyl groups excluding tert-OH is 1. The third kappa shape index (κ3) is 7.98. The molecule has 1 heterocycles. The van der Waals surface area contributed by atoms with Crippen LogP contribution in [0.2, 0.25) is 0 Å². The topological polar surface area (TPSA) is 91.3 Å². The number of aryl methyl sites for hydroxylation is 1. The maximum atomic E-state index is 13.8. The van der Waals surface area contributed by atoms with E-state index in [1.165, 1.54) is 0 Å². The van der Waals surface area contributed by atoms with Gasteiger partial charge in [0.05, 0.1) is 12.7 Å². The molecule has 8 heteroatoms. The molecular formula is C32H51N3O5. The lowest BCUT2D eigenvalue weighted by Crippen LogP contribution is -2.46. The maximum Gasteiger partial charge on any atom is 0.254 e. The average Bonchev–Trinajstić information content (AvgIpc) is 3.70. The van der Waals surface area contributed by atoms with E-state index in [-0.39, 0.29) is 35.8 Å². The largest absolute Gasteiger partial charge is 0.493 e. The molecule has 2 N–H and O–H groups in total. The first-order valence-corrected chi connectivity index (χ1v) is 15.6. The van der Waals surface area contributed by atoms with Gasteiger partial charge >= 0.3 is 0 Å². The van der Waals surface area contributed by atoms with Gasteiger partial charge < -0.3 is 29.7 Å². The van der Waals surface area contributed by atoms with Crippen molar-refractivity contribution in [2.75, 3.05) is 46.5 Å². The number of carbonyl (C=O) groups excluding carboxylic acids is 2. The van der Waals surface area contributed by atoms with Crippen molar-refractivity contribution in [1.82, 2.24) is 15.1 Å². The Hall–Kier alpha value is -2.16. The van der Waals surface area contributed by atoms with Gasteiger partial charge in [0.25, 0.3) is 5.91 Å². The molecule has 1 saturated heterocycles. The van der Waals surface area contributed by atoms with Crippen molar-refractivity contribution in [2.24, 2.45) is 17.8 Å². The van der Waals surface area contributed by atoms with Gasteiger partial charge in [0.1, 0.15) is 5.75 Å². The SMILES string of the molecule is CCc1ccc(C(=O)N(C[C@@H]2CNC[C@H]2CN(C(=O)[C@H]2CC[C@@H](O)CC2)C2CC2)C(C)C)cc1OCCCOC. The van der Waals surface area contributed by atoms with E-state index in [2.05, 4.69) is 31.0 Å². The van der Waals surface area contributed by atoms with Gasteiger partial charge in [0.2, 0.25) is 5.91 Å². The molecule has 2 atom stereocenters. The molecule has 224 valence electrons. The summed E-state index contributed by atoms with van der Waals surface area (Å²) >= 11 is 0. The predicted molar refractivity (Wildman–Crippen MR) is 157 cm³/mol. The van der Waals surface area contributed by atoms with Crippen LogP contribution in [0.25, 0.3) is 0 Å². The van der Waals surface area contributed by atoms with Gasteiger partial charge in [-0.1, -0.05) is 13.0 Å². The second-order valence-corrected chi connectivity index (χ2v) is 12.3. The van der Waals surface area contributed by atoms with Crippen LogP contribution in [0.5, 0.6) is 5.75 Å². The minimum absolute atomic E-state index is 0.0286. The molecule has 3 fully saturated rings. The van der Waals surface area contributed by atoms with Crippen molar-refractivity contribution in [2.45, 2.75) is 90.3 Å². The molecule has 0 aromatic heterocycles. The van der Waals surface area contributed by atoms with Gasteiger partial charge in [0, 0.05) is 69.9 Å². The number of nitrogens with zero attached hydrogens (tertiary/aromatic N) is 2. The Morgan fingerprint density at radius 3 is 2.35 bits per heavy atom. The number of nitrogens with one attached hydrogen (secondary N) is 1. The molecule has 0 bridgehead atoms. The highest BCUT2D eigenvalue weighted by Crippen LogP contribution is 2.34. The van der Waals surface area contributed by atoms with Crippen LogP contribution in [-0.2, 0) is 16.0 Å². The van der Waals surface area contributed by atoms with E-state index in [0.717, 1.165) is 82.3 Å². The van der Waals surface area contributed by atoms with E-state index >= 15 is 0 Å².